The van der Waals surface area contributed by atoms with E-state index in [1.54, 1.807) is 0 Å². The molecular formula is C7H12O7. The molecule has 0 aliphatic carbocycles. The number of carbonyl (C=O) groups excluding carboxylic acids is 1. The summed E-state index contributed by atoms with van der Waals surface area (Å²) in [5, 5.41) is 35.3. The number of ether oxygens (including phenoxy) is 1. The van der Waals surface area contributed by atoms with Crippen molar-refractivity contribution in [3.05, 3.63) is 0 Å². The quantitative estimate of drug-likeness (QED) is 0.352. The highest BCUT2D eigenvalue weighted by molar-refractivity contribution is 5.73. The van der Waals surface area contributed by atoms with Crippen LogP contribution in [0, 0.1) is 0 Å². The number of aliphatic hydroxyl groups excluding tert-OH is 3. The van der Waals surface area contributed by atoms with Gasteiger partial charge in [-0.3, -0.25) is 0 Å². The zero-order valence-electron chi connectivity index (χ0n) is 7.40. The second-order valence-electron chi connectivity index (χ2n) is 2.60. The minimum atomic E-state index is -2.16. The summed E-state index contributed by atoms with van der Waals surface area (Å²) in [7, 11) is 1.10. The fourth-order valence-electron chi connectivity index (χ4n) is 0.803. The van der Waals surface area contributed by atoms with Gasteiger partial charge in [-0.25, -0.2) is 4.79 Å². The third kappa shape index (κ3) is 3.04. The molecule has 4 N–H and O–H groups in total. The zero-order valence-corrected chi connectivity index (χ0v) is 7.40. The predicted octanol–water partition coefficient (Wildman–Crippen LogP) is -2.63. The molecule has 0 spiro atoms. The Labute approximate surface area is 79.5 Å². The molecule has 0 radical (unpaired) electrons. The van der Waals surface area contributed by atoms with Crippen molar-refractivity contribution < 1.29 is 34.8 Å². The van der Waals surface area contributed by atoms with Crippen molar-refractivity contribution in [1.29, 1.82) is 0 Å². The number of rotatable bonds is 6. The Morgan fingerprint density at radius 2 is 1.79 bits per heavy atom. The third-order valence-corrected chi connectivity index (χ3v) is 1.67. The first-order chi connectivity index (χ1) is 6.45. The lowest BCUT2D eigenvalue weighted by Gasteiger charge is -2.23. The molecule has 0 rings (SSSR count). The molecule has 7 heteroatoms. The van der Waals surface area contributed by atoms with Crippen LogP contribution in [0.2, 0.25) is 0 Å². The van der Waals surface area contributed by atoms with Crippen molar-refractivity contribution in [3.8, 4) is 0 Å². The van der Waals surface area contributed by atoms with Gasteiger partial charge in [0.1, 0.15) is 18.3 Å². The lowest BCUT2D eigenvalue weighted by Crippen LogP contribution is -2.48. The van der Waals surface area contributed by atoms with Gasteiger partial charge in [0.25, 0.3) is 0 Å². The summed E-state index contributed by atoms with van der Waals surface area (Å²) in [4.78, 5) is 20.4. The Bertz CT molecular complexity index is 198. The van der Waals surface area contributed by atoms with Crippen molar-refractivity contribution in [2.75, 3.05) is 7.11 Å². The SMILES string of the molecule is COC(C=O)C(O)C(O)C(O)C(=O)O. The minimum Gasteiger partial charge on any atom is -0.479 e. The molecule has 0 amide bonds. The molecule has 4 unspecified atom stereocenters. The van der Waals surface area contributed by atoms with E-state index >= 15 is 0 Å². The average molecular weight is 208 g/mol. The van der Waals surface area contributed by atoms with Crippen LogP contribution in [0.15, 0.2) is 0 Å². The number of hydrogen-bond acceptors (Lipinski definition) is 6. The van der Waals surface area contributed by atoms with Crippen molar-refractivity contribution in [2.24, 2.45) is 0 Å². The Kier molecular flexibility index (Phi) is 5.24. The van der Waals surface area contributed by atoms with E-state index in [-0.39, 0.29) is 6.29 Å². The van der Waals surface area contributed by atoms with Gasteiger partial charge in [-0.15, -0.1) is 0 Å². The number of carboxylic acids is 1. The molecule has 4 atom stereocenters. The number of aliphatic hydroxyl groups is 3. The van der Waals surface area contributed by atoms with E-state index in [1.807, 2.05) is 0 Å². The van der Waals surface area contributed by atoms with Crippen molar-refractivity contribution in [3.63, 3.8) is 0 Å². The maximum absolute atomic E-state index is 10.2. The number of aliphatic carboxylic acids is 1. The standard InChI is InChI=1S/C7H12O7/c1-14-3(2-8)4(9)5(10)6(11)7(12)13/h2-6,9-11H,1H3,(H,12,13). The Hall–Kier alpha value is -1.02. The Morgan fingerprint density at radius 3 is 2.07 bits per heavy atom. The molecule has 0 aromatic rings. The van der Waals surface area contributed by atoms with Gasteiger partial charge in [-0.2, -0.15) is 0 Å². The molecule has 0 aromatic carbocycles. The number of hydrogen-bond donors (Lipinski definition) is 4. The zero-order chi connectivity index (χ0) is 11.3. The summed E-state index contributed by atoms with van der Waals surface area (Å²) in [5.74, 6) is -1.70. The van der Waals surface area contributed by atoms with Crippen molar-refractivity contribution in [1.82, 2.24) is 0 Å². The Balaban J connectivity index is 4.43. The van der Waals surface area contributed by atoms with E-state index in [0.717, 1.165) is 7.11 Å². The van der Waals surface area contributed by atoms with Gasteiger partial charge in [-0.05, 0) is 0 Å². The van der Waals surface area contributed by atoms with Crippen LogP contribution >= 0.6 is 0 Å². The lowest BCUT2D eigenvalue weighted by atomic mass is 10.0. The average Bonchev–Trinajstić information content (AvgIpc) is 2.17. The van der Waals surface area contributed by atoms with Gasteiger partial charge in [0.15, 0.2) is 12.4 Å². The first kappa shape index (κ1) is 13.0. The summed E-state index contributed by atoms with van der Waals surface area (Å²) >= 11 is 0. The van der Waals surface area contributed by atoms with Crippen LogP contribution in [0.25, 0.3) is 0 Å². The molecule has 0 saturated carbocycles. The lowest BCUT2D eigenvalue weighted by molar-refractivity contribution is -0.165. The van der Waals surface area contributed by atoms with Gasteiger partial charge in [0.2, 0.25) is 0 Å². The van der Waals surface area contributed by atoms with Crippen LogP contribution in [-0.2, 0) is 14.3 Å². The van der Waals surface area contributed by atoms with E-state index in [4.69, 9.17) is 20.4 Å². The molecule has 14 heavy (non-hydrogen) atoms. The summed E-state index contributed by atoms with van der Waals surface area (Å²) < 4.78 is 4.43. The van der Waals surface area contributed by atoms with Crippen LogP contribution < -0.4 is 0 Å². The highest BCUT2D eigenvalue weighted by Gasteiger charge is 2.34. The van der Waals surface area contributed by atoms with E-state index in [1.165, 1.54) is 0 Å². The summed E-state index contributed by atoms with van der Waals surface area (Å²) in [6, 6.07) is 0. The molecule has 0 fully saturated rings. The first-order valence-corrected chi connectivity index (χ1v) is 3.70. The number of carboxylic acid groups (broad SMARTS) is 1. The maximum Gasteiger partial charge on any atom is 0.335 e. The van der Waals surface area contributed by atoms with E-state index < -0.39 is 30.4 Å². The molecule has 0 aliphatic heterocycles. The van der Waals surface area contributed by atoms with Crippen LogP contribution in [-0.4, -0.2) is 64.2 Å². The molecule has 82 valence electrons. The van der Waals surface area contributed by atoms with E-state index in [0.29, 0.717) is 0 Å². The molecule has 0 heterocycles. The summed E-state index contributed by atoms with van der Waals surface area (Å²) in [5.41, 5.74) is 0. The van der Waals surface area contributed by atoms with Gasteiger partial charge in [-0.1, -0.05) is 0 Å². The smallest absolute Gasteiger partial charge is 0.335 e. The minimum absolute atomic E-state index is 0.197. The summed E-state index contributed by atoms with van der Waals surface area (Å²) in [6.07, 6.45) is -7.12. The number of carbonyl (C=O) groups is 2. The van der Waals surface area contributed by atoms with Crippen LogP contribution in [0.1, 0.15) is 0 Å². The highest BCUT2D eigenvalue weighted by atomic mass is 16.5. The van der Waals surface area contributed by atoms with E-state index in [2.05, 4.69) is 4.74 Å². The topological polar surface area (TPSA) is 124 Å². The largest absolute Gasteiger partial charge is 0.479 e. The molecule has 0 bridgehead atoms. The number of methoxy groups -OCH3 is 1. The molecule has 7 nitrogen and oxygen atoms in total. The number of aldehydes is 1. The molecule has 0 aliphatic rings. The van der Waals surface area contributed by atoms with Crippen LogP contribution in [0.3, 0.4) is 0 Å². The third-order valence-electron chi connectivity index (χ3n) is 1.67. The fourth-order valence-corrected chi connectivity index (χ4v) is 0.803. The van der Waals surface area contributed by atoms with E-state index in [9.17, 15) is 9.59 Å². The van der Waals surface area contributed by atoms with Gasteiger partial charge in [0.05, 0.1) is 0 Å². The normalized spacial score (nSPS) is 19.4. The first-order valence-electron chi connectivity index (χ1n) is 3.70. The van der Waals surface area contributed by atoms with Crippen molar-refractivity contribution >= 4 is 12.3 Å². The molecule has 0 aromatic heterocycles. The maximum atomic E-state index is 10.2. The highest BCUT2D eigenvalue weighted by Crippen LogP contribution is 2.06. The molecule has 0 saturated heterocycles. The summed E-state index contributed by atoms with van der Waals surface area (Å²) in [6.45, 7) is 0. The monoisotopic (exact) mass is 208 g/mol. The predicted molar refractivity (Wildman–Crippen MR) is 42.5 cm³/mol. The molecular weight excluding hydrogens is 196 g/mol. The van der Waals surface area contributed by atoms with Crippen LogP contribution in [0.5, 0.6) is 0 Å². The second kappa shape index (κ2) is 5.66. The van der Waals surface area contributed by atoms with Gasteiger partial charge >= 0.3 is 5.97 Å². The second-order valence-corrected chi connectivity index (χ2v) is 2.60. The Morgan fingerprint density at radius 1 is 1.29 bits per heavy atom. The van der Waals surface area contributed by atoms with Gasteiger partial charge < -0.3 is 30.0 Å². The fraction of sp³-hybridized carbons (Fsp3) is 0.714. The van der Waals surface area contributed by atoms with Crippen molar-refractivity contribution in [2.45, 2.75) is 24.4 Å². The van der Waals surface area contributed by atoms with Gasteiger partial charge in [0, 0.05) is 7.11 Å². The van der Waals surface area contributed by atoms with Crippen LogP contribution in [0.4, 0.5) is 0 Å².